The van der Waals surface area contributed by atoms with Gasteiger partial charge in [-0.05, 0) is 38.1 Å². The van der Waals surface area contributed by atoms with Gasteiger partial charge in [0.05, 0.1) is 0 Å². The first-order valence-electron chi connectivity index (χ1n) is 5.11. The van der Waals surface area contributed by atoms with E-state index in [0.717, 1.165) is 17.9 Å². The third-order valence-electron chi connectivity index (χ3n) is 3.59. The minimum absolute atomic E-state index is 0.800. The van der Waals surface area contributed by atoms with Gasteiger partial charge in [0.2, 0.25) is 0 Å². The van der Waals surface area contributed by atoms with E-state index in [-0.39, 0.29) is 0 Å². The molecular formula is C10H19N. The Morgan fingerprint density at radius 1 is 1.09 bits per heavy atom. The van der Waals surface area contributed by atoms with Crippen LogP contribution in [0.3, 0.4) is 0 Å². The van der Waals surface area contributed by atoms with Gasteiger partial charge in [-0.1, -0.05) is 19.3 Å². The zero-order chi connectivity index (χ0) is 7.68. The van der Waals surface area contributed by atoms with E-state index < -0.39 is 0 Å². The van der Waals surface area contributed by atoms with Gasteiger partial charge in [-0.15, -0.1) is 0 Å². The number of hydrogen-bond acceptors (Lipinski definition) is 1. The Balaban J connectivity index is 1.99. The first kappa shape index (κ1) is 7.60. The fraction of sp³-hybridized carbons (Fsp3) is 1.00. The smallest absolute Gasteiger partial charge is 0.00696 e. The molecular weight excluding hydrogens is 134 g/mol. The molecule has 1 saturated carbocycles. The van der Waals surface area contributed by atoms with Crippen LogP contribution in [0.1, 0.15) is 39.0 Å². The summed E-state index contributed by atoms with van der Waals surface area (Å²) in [7, 11) is 0. The monoisotopic (exact) mass is 153 g/mol. The van der Waals surface area contributed by atoms with Crippen LogP contribution in [0, 0.1) is 11.8 Å². The van der Waals surface area contributed by atoms with Crippen LogP contribution in [-0.2, 0) is 0 Å². The van der Waals surface area contributed by atoms with Crippen LogP contribution in [0.5, 0.6) is 0 Å². The molecule has 1 N–H and O–H groups in total. The van der Waals surface area contributed by atoms with E-state index >= 15 is 0 Å². The van der Waals surface area contributed by atoms with Crippen molar-refractivity contribution >= 4 is 0 Å². The standard InChI is InChI=1S/C10H19N/c1-8-10-5-3-2-4-9(10)6-7-11-8/h8-11H,2-7H2,1H3. The van der Waals surface area contributed by atoms with E-state index in [0.29, 0.717) is 0 Å². The van der Waals surface area contributed by atoms with Crippen molar-refractivity contribution in [1.29, 1.82) is 0 Å². The highest BCUT2D eigenvalue weighted by atomic mass is 14.9. The summed E-state index contributed by atoms with van der Waals surface area (Å²) in [4.78, 5) is 0. The molecule has 2 aliphatic rings. The van der Waals surface area contributed by atoms with E-state index in [2.05, 4.69) is 12.2 Å². The lowest BCUT2D eigenvalue weighted by molar-refractivity contribution is 0.142. The molecule has 0 spiro atoms. The van der Waals surface area contributed by atoms with Gasteiger partial charge in [0.25, 0.3) is 0 Å². The SMILES string of the molecule is CC1NCCC2CCCCC21. The van der Waals surface area contributed by atoms with Crippen LogP contribution < -0.4 is 5.32 Å². The lowest BCUT2D eigenvalue weighted by Gasteiger charge is -2.40. The fourth-order valence-corrected chi connectivity index (χ4v) is 2.90. The summed E-state index contributed by atoms with van der Waals surface area (Å²) in [5, 5.41) is 3.58. The predicted molar refractivity (Wildman–Crippen MR) is 47.5 cm³/mol. The average molecular weight is 153 g/mol. The Morgan fingerprint density at radius 3 is 2.73 bits per heavy atom. The van der Waals surface area contributed by atoms with Crippen LogP contribution in [0.4, 0.5) is 0 Å². The Bertz CT molecular complexity index is 131. The minimum Gasteiger partial charge on any atom is -0.314 e. The summed E-state index contributed by atoms with van der Waals surface area (Å²) < 4.78 is 0. The van der Waals surface area contributed by atoms with Gasteiger partial charge in [-0.2, -0.15) is 0 Å². The Morgan fingerprint density at radius 2 is 1.91 bits per heavy atom. The van der Waals surface area contributed by atoms with Gasteiger partial charge >= 0.3 is 0 Å². The molecule has 0 radical (unpaired) electrons. The summed E-state index contributed by atoms with van der Waals surface area (Å²) in [5.74, 6) is 2.08. The number of fused-ring (bicyclic) bond motifs is 1. The Hall–Kier alpha value is -0.0400. The zero-order valence-electron chi connectivity index (χ0n) is 7.47. The highest BCUT2D eigenvalue weighted by Crippen LogP contribution is 2.36. The van der Waals surface area contributed by atoms with E-state index in [1.54, 1.807) is 0 Å². The molecule has 1 heterocycles. The van der Waals surface area contributed by atoms with Crippen LogP contribution >= 0.6 is 0 Å². The average Bonchev–Trinajstić information content (AvgIpc) is 2.06. The summed E-state index contributed by atoms with van der Waals surface area (Å²) in [6.45, 7) is 3.63. The highest BCUT2D eigenvalue weighted by molar-refractivity contribution is 4.86. The third kappa shape index (κ3) is 1.44. The third-order valence-corrected chi connectivity index (χ3v) is 3.59. The number of nitrogens with one attached hydrogen (secondary N) is 1. The molecule has 0 aromatic rings. The van der Waals surface area contributed by atoms with Crippen molar-refractivity contribution in [3.05, 3.63) is 0 Å². The van der Waals surface area contributed by atoms with Crippen molar-refractivity contribution in [1.82, 2.24) is 5.32 Å². The molecule has 1 heteroatoms. The van der Waals surface area contributed by atoms with E-state index in [1.165, 1.54) is 38.6 Å². The van der Waals surface area contributed by atoms with Gasteiger partial charge in [-0.25, -0.2) is 0 Å². The number of rotatable bonds is 0. The molecule has 0 aromatic carbocycles. The normalized spacial score (nSPS) is 45.0. The molecule has 1 nitrogen and oxygen atoms in total. The first-order valence-corrected chi connectivity index (χ1v) is 5.11. The second kappa shape index (κ2) is 3.14. The molecule has 3 unspecified atom stereocenters. The lowest BCUT2D eigenvalue weighted by Crippen LogP contribution is -2.45. The van der Waals surface area contributed by atoms with E-state index in [1.807, 2.05) is 0 Å². The second-order valence-electron chi connectivity index (χ2n) is 4.24. The topological polar surface area (TPSA) is 12.0 Å². The van der Waals surface area contributed by atoms with E-state index in [9.17, 15) is 0 Å². The van der Waals surface area contributed by atoms with E-state index in [4.69, 9.17) is 0 Å². The molecule has 2 fully saturated rings. The molecule has 1 aliphatic heterocycles. The molecule has 3 atom stereocenters. The van der Waals surface area contributed by atoms with Crippen LogP contribution in [0.15, 0.2) is 0 Å². The minimum atomic E-state index is 0.800. The molecule has 0 bridgehead atoms. The largest absolute Gasteiger partial charge is 0.314 e. The van der Waals surface area contributed by atoms with Crippen LogP contribution in [0.2, 0.25) is 0 Å². The number of piperidine rings is 1. The number of hydrogen-bond donors (Lipinski definition) is 1. The van der Waals surface area contributed by atoms with Gasteiger partial charge in [0.15, 0.2) is 0 Å². The van der Waals surface area contributed by atoms with Crippen molar-refractivity contribution in [2.75, 3.05) is 6.54 Å². The van der Waals surface area contributed by atoms with Gasteiger partial charge in [0, 0.05) is 6.04 Å². The van der Waals surface area contributed by atoms with Crippen molar-refractivity contribution in [3.8, 4) is 0 Å². The molecule has 0 amide bonds. The molecule has 1 aliphatic carbocycles. The van der Waals surface area contributed by atoms with Gasteiger partial charge in [0.1, 0.15) is 0 Å². The Labute approximate surface area is 69.6 Å². The van der Waals surface area contributed by atoms with Crippen molar-refractivity contribution in [3.63, 3.8) is 0 Å². The fourth-order valence-electron chi connectivity index (χ4n) is 2.90. The van der Waals surface area contributed by atoms with Crippen molar-refractivity contribution < 1.29 is 0 Å². The maximum atomic E-state index is 3.58. The van der Waals surface area contributed by atoms with Gasteiger partial charge in [-0.3, -0.25) is 0 Å². The summed E-state index contributed by atoms with van der Waals surface area (Å²) in [6.07, 6.45) is 7.41. The zero-order valence-corrected chi connectivity index (χ0v) is 7.47. The Kier molecular flexibility index (Phi) is 2.17. The van der Waals surface area contributed by atoms with Crippen LogP contribution in [-0.4, -0.2) is 12.6 Å². The van der Waals surface area contributed by atoms with Crippen molar-refractivity contribution in [2.24, 2.45) is 11.8 Å². The molecule has 0 aromatic heterocycles. The molecule has 64 valence electrons. The summed E-state index contributed by atoms with van der Waals surface area (Å²) in [6, 6.07) is 0.800. The first-order chi connectivity index (χ1) is 5.38. The van der Waals surface area contributed by atoms with Crippen LogP contribution in [0.25, 0.3) is 0 Å². The van der Waals surface area contributed by atoms with Crippen molar-refractivity contribution in [2.45, 2.75) is 45.1 Å². The summed E-state index contributed by atoms with van der Waals surface area (Å²) in [5.41, 5.74) is 0. The molecule has 2 rings (SSSR count). The summed E-state index contributed by atoms with van der Waals surface area (Å²) >= 11 is 0. The quantitative estimate of drug-likeness (QED) is 0.562. The highest BCUT2D eigenvalue weighted by Gasteiger charge is 2.31. The second-order valence-corrected chi connectivity index (χ2v) is 4.24. The van der Waals surface area contributed by atoms with Gasteiger partial charge < -0.3 is 5.32 Å². The molecule has 11 heavy (non-hydrogen) atoms. The molecule has 1 saturated heterocycles. The lowest BCUT2D eigenvalue weighted by atomic mass is 9.72. The maximum absolute atomic E-state index is 3.58. The predicted octanol–water partition coefficient (Wildman–Crippen LogP) is 2.17. The maximum Gasteiger partial charge on any atom is 0.00696 e.